The van der Waals surface area contributed by atoms with Gasteiger partial charge >= 0.3 is 14.2 Å². The van der Waals surface area contributed by atoms with Gasteiger partial charge in [0.1, 0.15) is 0 Å². The van der Waals surface area contributed by atoms with Gasteiger partial charge in [-0.3, -0.25) is 0 Å². The minimum Gasteiger partial charge on any atom is -0.403 e. The van der Waals surface area contributed by atoms with Crippen molar-refractivity contribution in [3.05, 3.63) is 29.3 Å². The SMILES string of the molecule is C[SiH](C)c1cc(C2OCCO2)ccc1C(B1OC(C)(C)C(C)(C)O1)B1OC(C)(C)C(C)(C)O1. The number of benzene rings is 1. The molecular weight excluding hydrogens is 434 g/mol. The highest BCUT2D eigenvalue weighted by Crippen LogP contribution is 2.46. The standard InChI is InChI=1S/C24H40B2O6Si/c1-21(2)22(3,4)30-25(29-21)19(26-31-23(5,6)24(7,8)32-26)17-12-11-16(15-18(17)33(9)10)20-27-13-14-28-20/h11-12,15,19-20,33H,13-14H2,1-10H3. The number of ether oxygens (including phenoxy) is 2. The Morgan fingerprint density at radius 2 is 1.18 bits per heavy atom. The fraction of sp³-hybridized carbons (Fsp3) is 0.750. The average molecular weight is 474 g/mol. The Labute approximate surface area is 201 Å². The Balaban J connectivity index is 1.78. The van der Waals surface area contributed by atoms with Crippen LogP contribution in [0.5, 0.6) is 0 Å². The molecular formula is C24H40B2O6Si. The lowest BCUT2D eigenvalue weighted by Gasteiger charge is -2.32. The van der Waals surface area contributed by atoms with Crippen LogP contribution in [-0.4, -0.2) is 58.7 Å². The van der Waals surface area contributed by atoms with Gasteiger partial charge in [0.05, 0.1) is 50.1 Å². The fourth-order valence-electron chi connectivity index (χ4n) is 4.59. The van der Waals surface area contributed by atoms with Crippen molar-refractivity contribution in [2.75, 3.05) is 13.2 Å². The topological polar surface area (TPSA) is 55.4 Å². The Morgan fingerprint density at radius 3 is 1.58 bits per heavy atom. The molecule has 1 aromatic carbocycles. The van der Waals surface area contributed by atoms with E-state index in [4.69, 9.17) is 28.1 Å². The van der Waals surface area contributed by atoms with Crippen molar-refractivity contribution < 1.29 is 28.1 Å². The van der Waals surface area contributed by atoms with Gasteiger partial charge in [-0.15, -0.1) is 0 Å². The summed E-state index contributed by atoms with van der Waals surface area (Å²) in [6.07, 6.45) is -0.294. The van der Waals surface area contributed by atoms with Crippen LogP contribution < -0.4 is 5.19 Å². The van der Waals surface area contributed by atoms with Crippen LogP contribution in [0.3, 0.4) is 0 Å². The summed E-state index contributed by atoms with van der Waals surface area (Å²) in [4.78, 5) is 0. The molecule has 1 aromatic rings. The lowest BCUT2D eigenvalue weighted by atomic mass is 9.49. The molecule has 3 saturated heterocycles. The summed E-state index contributed by atoms with van der Waals surface area (Å²) >= 11 is 0. The highest BCUT2D eigenvalue weighted by molar-refractivity contribution is 6.74. The lowest BCUT2D eigenvalue weighted by Crippen LogP contribution is -2.45. The molecule has 0 unspecified atom stereocenters. The molecule has 0 atom stereocenters. The molecule has 6 nitrogen and oxygen atoms in total. The van der Waals surface area contributed by atoms with E-state index in [-0.39, 0.29) is 12.0 Å². The van der Waals surface area contributed by atoms with Crippen LogP contribution in [-0.2, 0) is 28.1 Å². The first-order valence-electron chi connectivity index (χ1n) is 12.2. The molecule has 9 heteroatoms. The third kappa shape index (κ3) is 4.51. The van der Waals surface area contributed by atoms with Crippen LogP contribution in [0, 0.1) is 0 Å². The minimum absolute atomic E-state index is 0.225. The van der Waals surface area contributed by atoms with Crippen molar-refractivity contribution in [2.24, 2.45) is 0 Å². The summed E-state index contributed by atoms with van der Waals surface area (Å²) < 4.78 is 37.9. The van der Waals surface area contributed by atoms with E-state index in [1.54, 1.807) is 0 Å². The smallest absolute Gasteiger partial charge is 0.403 e. The maximum absolute atomic E-state index is 6.58. The normalized spacial score (nSPS) is 26.2. The molecule has 3 heterocycles. The molecule has 0 saturated carbocycles. The first-order valence-corrected chi connectivity index (χ1v) is 15.1. The minimum atomic E-state index is -1.25. The molecule has 0 amide bonds. The van der Waals surface area contributed by atoms with E-state index in [0.29, 0.717) is 13.2 Å². The molecule has 0 aromatic heterocycles. The van der Waals surface area contributed by atoms with Crippen LogP contribution in [0.4, 0.5) is 0 Å². The zero-order valence-electron chi connectivity index (χ0n) is 22.0. The zero-order chi connectivity index (χ0) is 24.4. The maximum Gasteiger partial charge on any atom is 0.463 e. The van der Waals surface area contributed by atoms with Crippen LogP contribution in [0.2, 0.25) is 13.1 Å². The number of hydrogen-bond acceptors (Lipinski definition) is 6. The molecule has 3 aliphatic heterocycles. The van der Waals surface area contributed by atoms with Gasteiger partial charge in [-0.25, -0.2) is 0 Å². The number of hydrogen-bond donors (Lipinski definition) is 0. The summed E-state index contributed by atoms with van der Waals surface area (Å²) in [5.74, 6) is 0. The van der Waals surface area contributed by atoms with Gasteiger partial charge in [-0.05, 0) is 61.0 Å². The summed E-state index contributed by atoms with van der Waals surface area (Å²) in [5.41, 5.74) is 0.239. The molecule has 3 fully saturated rings. The van der Waals surface area contributed by atoms with E-state index in [1.807, 2.05) is 0 Å². The van der Waals surface area contributed by atoms with E-state index < -0.39 is 45.4 Å². The second-order valence-electron chi connectivity index (χ2n) is 11.9. The first-order chi connectivity index (χ1) is 15.2. The highest BCUT2D eigenvalue weighted by atomic mass is 28.3. The second-order valence-corrected chi connectivity index (χ2v) is 14.8. The van der Waals surface area contributed by atoms with Crippen LogP contribution in [0.25, 0.3) is 0 Å². The van der Waals surface area contributed by atoms with E-state index in [0.717, 1.165) is 5.56 Å². The van der Waals surface area contributed by atoms with Crippen molar-refractivity contribution in [1.29, 1.82) is 0 Å². The summed E-state index contributed by atoms with van der Waals surface area (Å²) in [6, 6.07) is 6.55. The Hall–Kier alpha value is -0.673. The van der Waals surface area contributed by atoms with Crippen molar-refractivity contribution in [3.8, 4) is 0 Å². The van der Waals surface area contributed by atoms with Crippen LogP contribution >= 0.6 is 0 Å². The van der Waals surface area contributed by atoms with Crippen molar-refractivity contribution in [3.63, 3.8) is 0 Å². The lowest BCUT2D eigenvalue weighted by molar-refractivity contribution is -0.0440. The van der Waals surface area contributed by atoms with Crippen molar-refractivity contribution in [2.45, 2.75) is 103 Å². The second kappa shape index (κ2) is 8.47. The predicted molar refractivity (Wildman–Crippen MR) is 135 cm³/mol. The van der Waals surface area contributed by atoms with E-state index >= 15 is 0 Å². The molecule has 3 aliphatic rings. The van der Waals surface area contributed by atoms with Gasteiger partial charge in [-0.2, -0.15) is 0 Å². The fourth-order valence-corrected chi connectivity index (χ4v) is 6.07. The Bertz CT molecular complexity index is 814. The third-order valence-electron chi connectivity index (χ3n) is 8.12. The molecule has 0 bridgehead atoms. The van der Waals surface area contributed by atoms with Gasteiger partial charge in [-0.1, -0.05) is 36.5 Å². The van der Waals surface area contributed by atoms with E-state index in [2.05, 4.69) is 86.7 Å². The monoisotopic (exact) mass is 474 g/mol. The van der Waals surface area contributed by atoms with Gasteiger partial charge in [0.15, 0.2) is 6.29 Å². The van der Waals surface area contributed by atoms with Gasteiger partial charge in [0.2, 0.25) is 0 Å². The summed E-state index contributed by atoms with van der Waals surface area (Å²) in [7, 11) is -2.22. The molecule has 0 N–H and O–H groups in total. The molecule has 4 rings (SSSR count). The van der Waals surface area contributed by atoms with Crippen molar-refractivity contribution in [1.82, 2.24) is 0 Å². The molecule has 182 valence electrons. The molecule has 0 spiro atoms. The zero-order valence-corrected chi connectivity index (χ0v) is 23.1. The highest BCUT2D eigenvalue weighted by Gasteiger charge is 2.62. The van der Waals surface area contributed by atoms with Gasteiger partial charge in [0.25, 0.3) is 0 Å². The van der Waals surface area contributed by atoms with E-state index in [1.165, 1.54) is 10.8 Å². The van der Waals surface area contributed by atoms with E-state index in [9.17, 15) is 0 Å². The van der Waals surface area contributed by atoms with Crippen molar-refractivity contribution >= 4 is 28.2 Å². The Morgan fingerprint density at radius 1 is 0.758 bits per heavy atom. The first kappa shape index (κ1) is 25.4. The van der Waals surface area contributed by atoms with Crippen LogP contribution in [0.15, 0.2) is 18.2 Å². The number of rotatable bonds is 5. The average Bonchev–Trinajstić information content (AvgIpc) is 3.32. The molecule has 0 aliphatic carbocycles. The maximum atomic E-state index is 6.58. The van der Waals surface area contributed by atoms with Crippen LogP contribution in [0.1, 0.15) is 78.5 Å². The summed E-state index contributed by atoms with van der Waals surface area (Å²) in [6.45, 7) is 22.6. The summed E-state index contributed by atoms with van der Waals surface area (Å²) in [5, 5.41) is 1.33. The predicted octanol–water partition coefficient (Wildman–Crippen LogP) is 3.77. The largest absolute Gasteiger partial charge is 0.463 e. The molecule has 33 heavy (non-hydrogen) atoms. The Kier molecular flexibility index (Phi) is 6.52. The quantitative estimate of drug-likeness (QED) is 0.606. The third-order valence-corrected chi connectivity index (χ3v) is 9.86. The van der Waals surface area contributed by atoms with Gasteiger partial charge < -0.3 is 28.1 Å². The van der Waals surface area contributed by atoms with Gasteiger partial charge in [0, 0.05) is 5.56 Å². The molecule has 0 radical (unpaired) electrons.